The third-order valence-electron chi connectivity index (χ3n) is 5.23. The quantitative estimate of drug-likeness (QED) is 0.202. The minimum absolute atomic E-state index is 0. The Morgan fingerprint density at radius 1 is 0.484 bits per heavy atom. The Hall–Kier alpha value is -3.32. The van der Waals surface area contributed by atoms with Crippen LogP contribution in [-0.4, -0.2) is 4.98 Å². The van der Waals surface area contributed by atoms with Gasteiger partial charge in [-0.15, -0.1) is 29.8 Å². The van der Waals surface area contributed by atoms with E-state index in [1.807, 2.05) is 24.4 Å². The Labute approximate surface area is 196 Å². The molecule has 2 heteroatoms. The van der Waals surface area contributed by atoms with Crippen LogP contribution in [0.2, 0.25) is 0 Å². The van der Waals surface area contributed by atoms with Crippen molar-refractivity contribution < 1.29 is 20.1 Å². The molecule has 0 aliphatic rings. The van der Waals surface area contributed by atoms with Crippen LogP contribution in [0.4, 0.5) is 0 Å². The zero-order valence-corrected chi connectivity index (χ0v) is 19.2. The molecule has 31 heavy (non-hydrogen) atoms. The maximum Gasteiger partial charge on any atom is 0.0160 e. The van der Waals surface area contributed by atoms with E-state index < -0.39 is 0 Å². The number of nitrogens with zero attached hydrogens (tertiary/aromatic N) is 1. The number of rotatable bonds is 4. The van der Waals surface area contributed by atoms with Gasteiger partial charge in [0, 0.05) is 26.3 Å². The van der Waals surface area contributed by atoms with Crippen LogP contribution in [0.5, 0.6) is 0 Å². The predicted molar refractivity (Wildman–Crippen MR) is 125 cm³/mol. The molecule has 0 aliphatic heterocycles. The van der Waals surface area contributed by atoms with Crippen LogP contribution in [0.25, 0.3) is 44.6 Å². The van der Waals surface area contributed by atoms with E-state index in [1.165, 1.54) is 27.8 Å². The summed E-state index contributed by atoms with van der Waals surface area (Å²) in [6.45, 7) is 0. The van der Waals surface area contributed by atoms with Gasteiger partial charge in [0.2, 0.25) is 0 Å². The molecule has 1 aromatic heterocycles. The van der Waals surface area contributed by atoms with Crippen molar-refractivity contribution in [3.63, 3.8) is 0 Å². The Bertz CT molecular complexity index is 1190. The van der Waals surface area contributed by atoms with Crippen LogP contribution < -0.4 is 0 Å². The van der Waals surface area contributed by atoms with E-state index >= 15 is 0 Å². The van der Waals surface area contributed by atoms with Gasteiger partial charge in [-0.1, -0.05) is 96.1 Å². The van der Waals surface area contributed by atoms with Crippen LogP contribution in [0.3, 0.4) is 0 Å². The summed E-state index contributed by atoms with van der Waals surface area (Å²) in [6.07, 6.45) is 1.81. The Morgan fingerprint density at radius 2 is 1.03 bits per heavy atom. The average Bonchev–Trinajstić information content (AvgIpc) is 2.85. The van der Waals surface area contributed by atoms with Crippen molar-refractivity contribution in [3.8, 4) is 44.6 Å². The smallest absolute Gasteiger partial charge is 0.0160 e. The topological polar surface area (TPSA) is 12.9 Å². The molecule has 0 bridgehead atoms. The summed E-state index contributed by atoms with van der Waals surface area (Å²) in [6, 6.07) is 43.5. The molecule has 0 N–H and O–H groups in total. The molecule has 151 valence electrons. The third kappa shape index (κ3) is 4.72. The molecule has 0 unspecified atom stereocenters. The fourth-order valence-electron chi connectivity index (χ4n) is 3.67. The van der Waals surface area contributed by atoms with Crippen LogP contribution in [-0.2, 0) is 20.1 Å². The van der Waals surface area contributed by atoms with Gasteiger partial charge in [-0.2, -0.15) is 0 Å². The summed E-state index contributed by atoms with van der Waals surface area (Å²) in [7, 11) is 0. The summed E-state index contributed by atoms with van der Waals surface area (Å²) < 4.78 is 0. The fourth-order valence-corrected chi connectivity index (χ4v) is 3.67. The number of pyridine rings is 1. The molecule has 5 rings (SSSR count). The molecule has 1 heterocycles. The minimum Gasteiger partial charge on any atom is -0.305 e. The van der Waals surface area contributed by atoms with Crippen molar-refractivity contribution in [2.24, 2.45) is 0 Å². The van der Waals surface area contributed by atoms with E-state index in [1.54, 1.807) is 0 Å². The maximum atomic E-state index is 4.43. The zero-order chi connectivity index (χ0) is 20.2. The average molecular weight is 575 g/mol. The molecular formula is C29H20IrN-. The van der Waals surface area contributed by atoms with Crippen LogP contribution in [0.15, 0.2) is 121 Å². The molecule has 0 atom stereocenters. The Morgan fingerprint density at radius 3 is 1.52 bits per heavy atom. The number of benzene rings is 4. The third-order valence-corrected chi connectivity index (χ3v) is 5.23. The van der Waals surface area contributed by atoms with Gasteiger partial charge in [-0.3, -0.25) is 0 Å². The second-order valence-corrected chi connectivity index (χ2v) is 7.24. The van der Waals surface area contributed by atoms with E-state index in [2.05, 4.69) is 108 Å². The molecule has 4 aromatic carbocycles. The SMILES string of the molecule is [Ir].[c-]1cc(-c2cc(-c3ccccc3)cc(-c3ccccc3)c2)ccc1-c1ccccn1. The van der Waals surface area contributed by atoms with Crippen molar-refractivity contribution in [3.05, 3.63) is 128 Å². The standard InChI is InChI=1S/C29H20N.Ir/c1-3-9-22(10-4-1)26-19-27(23-11-5-2-6-12-23)21-28(20-26)24-14-16-25(17-15-24)29-13-7-8-18-30-29;/h1-16,18-21H;/q-1;. The summed E-state index contributed by atoms with van der Waals surface area (Å²) >= 11 is 0. The van der Waals surface area contributed by atoms with Crippen molar-refractivity contribution in [1.82, 2.24) is 4.98 Å². The molecule has 0 saturated heterocycles. The van der Waals surface area contributed by atoms with E-state index in [-0.39, 0.29) is 20.1 Å². The zero-order valence-electron chi connectivity index (χ0n) is 16.8. The molecule has 0 spiro atoms. The van der Waals surface area contributed by atoms with E-state index in [4.69, 9.17) is 0 Å². The van der Waals surface area contributed by atoms with Gasteiger partial charge in [0.25, 0.3) is 0 Å². The van der Waals surface area contributed by atoms with Gasteiger partial charge < -0.3 is 4.98 Å². The number of aromatic nitrogens is 1. The number of hydrogen-bond donors (Lipinski definition) is 0. The van der Waals surface area contributed by atoms with E-state index in [0.717, 1.165) is 16.8 Å². The monoisotopic (exact) mass is 575 g/mol. The molecule has 0 saturated carbocycles. The molecule has 0 fully saturated rings. The Kier molecular flexibility index (Phi) is 6.52. The van der Waals surface area contributed by atoms with E-state index in [0.29, 0.717) is 0 Å². The van der Waals surface area contributed by atoms with Crippen molar-refractivity contribution >= 4 is 0 Å². The molecular weight excluding hydrogens is 555 g/mol. The molecule has 1 nitrogen and oxygen atoms in total. The first-order valence-electron chi connectivity index (χ1n) is 10.1. The largest absolute Gasteiger partial charge is 0.305 e. The van der Waals surface area contributed by atoms with Gasteiger partial charge in [0.1, 0.15) is 0 Å². The van der Waals surface area contributed by atoms with Crippen LogP contribution in [0.1, 0.15) is 0 Å². The first kappa shape index (κ1) is 20.9. The van der Waals surface area contributed by atoms with Crippen molar-refractivity contribution in [2.75, 3.05) is 0 Å². The van der Waals surface area contributed by atoms with Gasteiger partial charge in [0.05, 0.1) is 0 Å². The van der Waals surface area contributed by atoms with Gasteiger partial charge >= 0.3 is 0 Å². The van der Waals surface area contributed by atoms with Crippen LogP contribution in [0, 0.1) is 6.07 Å². The molecule has 1 radical (unpaired) electrons. The van der Waals surface area contributed by atoms with Crippen molar-refractivity contribution in [1.29, 1.82) is 0 Å². The van der Waals surface area contributed by atoms with Gasteiger partial charge in [-0.05, 0) is 40.1 Å². The minimum atomic E-state index is 0. The van der Waals surface area contributed by atoms with Crippen molar-refractivity contribution in [2.45, 2.75) is 0 Å². The first-order valence-corrected chi connectivity index (χ1v) is 10.1. The summed E-state index contributed by atoms with van der Waals surface area (Å²) in [5.41, 5.74) is 9.11. The predicted octanol–water partition coefficient (Wildman–Crippen LogP) is 7.55. The second kappa shape index (κ2) is 9.66. The van der Waals surface area contributed by atoms with E-state index in [9.17, 15) is 0 Å². The normalized spacial score (nSPS) is 10.3. The van der Waals surface area contributed by atoms with Gasteiger partial charge in [0.15, 0.2) is 0 Å². The molecule has 5 aromatic rings. The second-order valence-electron chi connectivity index (χ2n) is 7.24. The Balaban J connectivity index is 0.00000231. The summed E-state index contributed by atoms with van der Waals surface area (Å²) in [5.74, 6) is 0. The maximum absolute atomic E-state index is 4.43. The summed E-state index contributed by atoms with van der Waals surface area (Å²) in [5, 5.41) is 0. The number of hydrogen-bond acceptors (Lipinski definition) is 1. The molecule has 0 amide bonds. The van der Waals surface area contributed by atoms with Gasteiger partial charge in [-0.25, -0.2) is 0 Å². The summed E-state index contributed by atoms with van der Waals surface area (Å²) in [4.78, 5) is 4.43. The molecule has 0 aliphatic carbocycles. The first-order chi connectivity index (χ1) is 14.9. The fraction of sp³-hybridized carbons (Fsp3) is 0. The van der Waals surface area contributed by atoms with Crippen LogP contribution >= 0.6 is 0 Å².